The molecule has 1 atom stereocenters. The average Bonchev–Trinajstić information content (AvgIpc) is 3.40. The van der Waals surface area contributed by atoms with Gasteiger partial charge in [0.15, 0.2) is 11.2 Å². The number of nitrogens with zero attached hydrogens (tertiary/aromatic N) is 6. The molecular formula is C24H25ClN6O2S. The van der Waals surface area contributed by atoms with Crippen molar-refractivity contribution in [2.45, 2.75) is 39.8 Å². The zero-order chi connectivity index (χ0) is 24.0. The summed E-state index contributed by atoms with van der Waals surface area (Å²) < 4.78 is 5.51. The van der Waals surface area contributed by atoms with Crippen molar-refractivity contribution in [3.8, 4) is 11.8 Å². The van der Waals surface area contributed by atoms with Crippen molar-refractivity contribution in [1.82, 2.24) is 23.7 Å². The second kappa shape index (κ2) is 8.93. The third kappa shape index (κ3) is 3.91. The number of halogens is 1. The Balaban J connectivity index is 1.67. The number of fused-ring (bicyclic) bond motifs is 2. The maximum absolute atomic E-state index is 13.7. The summed E-state index contributed by atoms with van der Waals surface area (Å²) in [5.41, 5.74) is 0.732. The highest BCUT2D eigenvalue weighted by Crippen LogP contribution is 2.27. The zero-order valence-electron chi connectivity index (χ0n) is 19.3. The third-order valence-corrected chi connectivity index (χ3v) is 7.51. The molecule has 176 valence electrons. The molecule has 5 rings (SSSR count). The molecule has 1 aromatic carbocycles. The van der Waals surface area contributed by atoms with Gasteiger partial charge in [0.2, 0.25) is 5.95 Å². The highest BCUT2D eigenvalue weighted by atomic mass is 35.5. The fourth-order valence-electron chi connectivity index (χ4n) is 4.57. The van der Waals surface area contributed by atoms with Gasteiger partial charge in [0.1, 0.15) is 5.01 Å². The summed E-state index contributed by atoms with van der Waals surface area (Å²) in [5, 5.41) is 1.26. The number of aromatic nitrogens is 5. The first-order chi connectivity index (χ1) is 16.4. The number of hydrogen-bond donors (Lipinski definition) is 0. The molecule has 8 nitrogen and oxygen atoms in total. The molecule has 0 N–H and O–H groups in total. The molecule has 0 aliphatic carbocycles. The number of imidazole rings is 1. The second-order valence-electron chi connectivity index (χ2n) is 8.74. The number of piperidine rings is 1. The minimum atomic E-state index is -0.417. The van der Waals surface area contributed by atoms with Gasteiger partial charge in [-0.1, -0.05) is 24.4 Å². The van der Waals surface area contributed by atoms with E-state index >= 15 is 0 Å². The first-order valence-corrected chi connectivity index (χ1v) is 12.5. The summed E-state index contributed by atoms with van der Waals surface area (Å²) in [5.74, 6) is 7.22. The van der Waals surface area contributed by atoms with E-state index in [1.807, 2.05) is 10.6 Å². The Morgan fingerprint density at radius 2 is 2.06 bits per heavy atom. The van der Waals surface area contributed by atoms with E-state index in [1.165, 1.54) is 26.9 Å². The lowest BCUT2D eigenvalue weighted by Crippen LogP contribution is -2.40. The quantitative estimate of drug-likeness (QED) is 0.404. The molecule has 1 aliphatic heterocycles. The fraction of sp³-hybridized carbons (Fsp3) is 0.417. The van der Waals surface area contributed by atoms with E-state index in [0.717, 1.165) is 29.7 Å². The van der Waals surface area contributed by atoms with Crippen molar-refractivity contribution in [3.05, 3.63) is 49.1 Å². The summed E-state index contributed by atoms with van der Waals surface area (Å²) in [4.78, 5) is 38.5. The van der Waals surface area contributed by atoms with Gasteiger partial charge >= 0.3 is 5.69 Å². The van der Waals surface area contributed by atoms with Crippen molar-refractivity contribution in [1.29, 1.82) is 0 Å². The van der Waals surface area contributed by atoms with E-state index < -0.39 is 5.69 Å². The van der Waals surface area contributed by atoms with Crippen LogP contribution >= 0.6 is 22.9 Å². The number of hydrogen-bond acceptors (Lipinski definition) is 6. The topological polar surface area (TPSA) is 78.0 Å². The van der Waals surface area contributed by atoms with Crippen LogP contribution in [0.3, 0.4) is 0 Å². The molecule has 1 fully saturated rings. The van der Waals surface area contributed by atoms with Crippen LogP contribution in [0.2, 0.25) is 5.02 Å². The lowest BCUT2D eigenvalue weighted by Gasteiger charge is -2.31. The molecule has 4 aromatic rings. The van der Waals surface area contributed by atoms with Crippen LogP contribution in [-0.4, -0.2) is 36.8 Å². The van der Waals surface area contributed by atoms with Crippen LogP contribution in [0, 0.1) is 17.8 Å². The van der Waals surface area contributed by atoms with Gasteiger partial charge in [-0.05, 0) is 43.9 Å². The van der Waals surface area contributed by atoms with E-state index in [0.29, 0.717) is 39.6 Å². The van der Waals surface area contributed by atoms with Crippen LogP contribution in [0.1, 0.15) is 31.7 Å². The SMILES string of the molecule is CC#CCn1c(N2CCC[C@@H](C)C2)nc2c1c(=O)n(Cc1nc3cc(Cl)ccc3s1)c(=O)n2C. The van der Waals surface area contributed by atoms with Gasteiger partial charge in [-0.25, -0.2) is 9.78 Å². The van der Waals surface area contributed by atoms with Crippen LogP contribution in [-0.2, 0) is 20.1 Å². The van der Waals surface area contributed by atoms with Crippen molar-refractivity contribution >= 4 is 50.3 Å². The predicted octanol–water partition coefficient (Wildman–Crippen LogP) is 3.47. The maximum atomic E-state index is 13.7. The average molecular weight is 497 g/mol. The molecule has 0 unspecified atom stereocenters. The molecule has 1 saturated heterocycles. The predicted molar refractivity (Wildman–Crippen MR) is 137 cm³/mol. The lowest BCUT2D eigenvalue weighted by molar-refractivity contribution is 0.439. The molecule has 4 heterocycles. The minimum Gasteiger partial charge on any atom is -0.342 e. The number of benzene rings is 1. The van der Waals surface area contributed by atoms with Gasteiger partial charge < -0.3 is 4.90 Å². The Morgan fingerprint density at radius 3 is 2.82 bits per heavy atom. The van der Waals surface area contributed by atoms with E-state index in [1.54, 1.807) is 26.1 Å². The van der Waals surface area contributed by atoms with E-state index in [2.05, 4.69) is 28.6 Å². The Labute approximate surface area is 205 Å². The Hall–Kier alpha value is -3.09. The standard InChI is InChI=1S/C24H25ClN6O2S/c1-4-5-11-30-20-21(27-23(30)29-10-6-7-15(2)13-29)28(3)24(33)31(22(20)32)14-19-26-17-12-16(25)8-9-18(17)34-19/h8-9,12,15H,6-7,10-11,13-14H2,1-3H3/t15-/m1/s1. The Morgan fingerprint density at radius 1 is 1.24 bits per heavy atom. The summed E-state index contributed by atoms with van der Waals surface area (Å²) in [7, 11) is 1.66. The highest BCUT2D eigenvalue weighted by molar-refractivity contribution is 7.18. The molecule has 10 heteroatoms. The smallest absolute Gasteiger partial charge is 0.332 e. The molecule has 0 saturated carbocycles. The number of aryl methyl sites for hydroxylation is 1. The fourth-order valence-corrected chi connectivity index (χ4v) is 5.67. The van der Waals surface area contributed by atoms with Gasteiger partial charge in [-0.3, -0.25) is 18.5 Å². The minimum absolute atomic E-state index is 0.0825. The Bertz CT molecular complexity index is 1580. The largest absolute Gasteiger partial charge is 0.342 e. The van der Waals surface area contributed by atoms with Crippen LogP contribution in [0.25, 0.3) is 21.4 Å². The summed E-state index contributed by atoms with van der Waals surface area (Å²) in [6.07, 6.45) is 2.23. The van der Waals surface area contributed by atoms with Gasteiger partial charge in [-0.15, -0.1) is 17.3 Å². The summed E-state index contributed by atoms with van der Waals surface area (Å²) >= 11 is 7.54. The van der Waals surface area contributed by atoms with Crippen molar-refractivity contribution in [2.75, 3.05) is 18.0 Å². The number of thiazole rings is 1. The molecule has 34 heavy (non-hydrogen) atoms. The highest BCUT2D eigenvalue weighted by Gasteiger charge is 2.26. The molecule has 1 aliphatic rings. The number of rotatable bonds is 4. The van der Waals surface area contributed by atoms with E-state index in [9.17, 15) is 9.59 Å². The van der Waals surface area contributed by atoms with Gasteiger partial charge in [0, 0.05) is 25.2 Å². The van der Waals surface area contributed by atoms with Crippen molar-refractivity contribution < 1.29 is 0 Å². The first-order valence-electron chi connectivity index (χ1n) is 11.3. The monoisotopic (exact) mass is 496 g/mol. The molecular weight excluding hydrogens is 472 g/mol. The zero-order valence-corrected chi connectivity index (χ0v) is 20.9. The van der Waals surface area contributed by atoms with Crippen LogP contribution < -0.4 is 16.1 Å². The van der Waals surface area contributed by atoms with Gasteiger partial charge in [-0.2, -0.15) is 4.98 Å². The molecule has 3 aromatic heterocycles. The van der Waals surface area contributed by atoms with Crippen LogP contribution in [0.4, 0.5) is 5.95 Å². The maximum Gasteiger partial charge on any atom is 0.332 e. The van der Waals surface area contributed by atoms with Crippen LogP contribution in [0.5, 0.6) is 0 Å². The van der Waals surface area contributed by atoms with Gasteiger partial charge in [0.05, 0.1) is 23.3 Å². The van der Waals surface area contributed by atoms with E-state index in [4.69, 9.17) is 16.6 Å². The third-order valence-electron chi connectivity index (χ3n) is 6.25. The first kappa shape index (κ1) is 22.7. The summed E-state index contributed by atoms with van der Waals surface area (Å²) in [6, 6.07) is 5.48. The van der Waals surface area contributed by atoms with Crippen molar-refractivity contribution in [3.63, 3.8) is 0 Å². The number of anilines is 1. The molecule has 0 radical (unpaired) electrons. The molecule has 0 amide bonds. The lowest BCUT2D eigenvalue weighted by atomic mass is 10.0. The molecule has 0 spiro atoms. The Kier molecular flexibility index (Phi) is 5.96. The normalized spacial score (nSPS) is 16.2. The van der Waals surface area contributed by atoms with E-state index in [-0.39, 0.29) is 12.1 Å². The molecule has 0 bridgehead atoms. The second-order valence-corrected chi connectivity index (χ2v) is 10.3. The van der Waals surface area contributed by atoms with Crippen molar-refractivity contribution in [2.24, 2.45) is 13.0 Å². The van der Waals surface area contributed by atoms with Crippen LogP contribution in [0.15, 0.2) is 27.8 Å². The van der Waals surface area contributed by atoms with Gasteiger partial charge in [0.25, 0.3) is 5.56 Å². The summed E-state index contributed by atoms with van der Waals surface area (Å²) in [6.45, 7) is 6.14.